The van der Waals surface area contributed by atoms with Crippen LogP contribution in [-0.2, 0) is 9.63 Å². The quantitative estimate of drug-likeness (QED) is 0.618. The van der Waals surface area contributed by atoms with Crippen LogP contribution in [-0.4, -0.2) is 11.7 Å². The lowest BCUT2D eigenvalue weighted by atomic mass is 10.1. The second-order valence-corrected chi connectivity index (χ2v) is 5.77. The molecule has 2 aromatic rings. The van der Waals surface area contributed by atoms with E-state index in [4.69, 9.17) is 4.84 Å². The monoisotopic (exact) mass is 333 g/mol. The Balaban J connectivity index is 2.02. The fourth-order valence-electron chi connectivity index (χ4n) is 1.76. The Morgan fingerprint density at radius 1 is 1.26 bits per heavy atom. The van der Waals surface area contributed by atoms with Gasteiger partial charge in [-0.05, 0) is 35.2 Å². The van der Waals surface area contributed by atoms with Crippen LogP contribution < -0.4 is 0 Å². The van der Waals surface area contributed by atoms with E-state index in [1.807, 2.05) is 41.8 Å². The molecule has 1 aliphatic rings. The Hall–Kier alpha value is -1.72. The van der Waals surface area contributed by atoms with E-state index in [2.05, 4.69) is 21.1 Å². The van der Waals surface area contributed by atoms with E-state index in [9.17, 15) is 4.79 Å². The summed E-state index contributed by atoms with van der Waals surface area (Å²) in [6.45, 7) is 0. The molecule has 3 nitrogen and oxygen atoms in total. The minimum absolute atomic E-state index is 0.414. The molecule has 1 aromatic heterocycles. The van der Waals surface area contributed by atoms with Gasteiger partial charge < -0.3 is 4.84 Å². The van der Waals surface area contributed by atoms with Gasteiger partial charge in [0.25, 0.3) is 0 Å². The molecule has 0 saturated heterocycles. The van der Waals surface area contributed by atoms with Gasteiger partial charge in [0.1, 0.15) is 5.71 Å². The van der Waals surface area contributed by atoms with Crippen molar-refractivity contribution < 1.29 is 9.63 Å². The molecule has 3 rings (SSSR count). The van der Waals surface area contributed by atoms with Gasteiger partial charge in [0.05, 0.1) is 10.5 Å². The molecule has 0 fully saturated rings. The Bertz CT molecular complexity index is 689. The molecule has 94 valence electrons. The number of thiophene rings is 1. The first kappa shape index (κ1) is 12.3. The summed E-state index contributed by atoms with van der Waals surface area (Å²) < 4.78 is 0.961. The van der Waals surface area contributed by atoms with Crippen LogP contribution in [0.15, 0.2) is 57.0 Å². The topological polar surface area (TPSA) is 38.7 Å². The van der Waals surface area contributed by atoms with Gasteiger partial charge >= 0.3 is 5.97 Å². The second kappa shape index (κ2) is 5.11. The number of hydrogen-bond donors (Lipinski definition) is 0. The SMILES string of the molecule is O=C1ON=C(c2cccs2)/C1=C/c1cccc(Br)c1. The number of halogens is 1. The van der Waals surface area contributed by atoms with Crippen molar-refractivity contribution in [2.24, 2.45) is 5.16 Å². The molecular weight excluding hydrogens is 326 g/mol. The van der Waals surface area contributed by atoms with E-state index in [1.54, 1.807) is 6.08 Å². The van der Waals surface area contributed by atoms with Crippen LogP contribution in [0.3, 0.4) is 0 Å². The Labute approximate surface area is 122 Å². The normalized spacial score (nSPS) is 16.6. The summed E-state index contributed by atoms with van der Waals surface area (Å²) >= 11 is 4.93. The summed E-state index contributed by atoms with van der Waals surface area (Å²) in [6, 6.07) is 11.5. The lowest BCUT2D eigenvalue weighted by Crippen LogP contribution is -2.05. The molecule has 0 spiro atoms. The van der Waals surface area contributed by atoms with Crippen LogP contribution in [0, 0.1) is 0 Å². The highest BCUT2D eigenvalue weighted by atomic mass is 79.9. The number of benzene rings is 1. The lowest BCUT2D eigenvalue weighted by Gasteiger charge is -1.98. The maximum absolute atomic E-state index is 11.8. The molecule has 0 N–H and O–H groups in total. The number of carbonyl (C=O) groups is 1. The average molecular weight is 334 g/mol. The van der Waals surface area contributed by atoms with Gasteiger partial charge in [0.15, 0.2) is 0 Å². The molecule has 2 heterocycles. The summed E-state index contributed by atoms with van der Waals surface area (Å²) in [5, 5.41) is 5.80. The largest absolute Gasteiger partial charge is 0.368 e. The first-order valence-corrected chi connectivity index (χ1v) is 7.22. The third-order valence-corrected chi connectivity index (χ3v) is 3.98. The smallest absolute Gasteiger partial charge is 0.312 e. The standard InChI is InChI=1S/C14H8BrNO2S/c15-10-4-1-3-9(7-10)8-11-13(16-18-14(11)17)12-5-2-6-19-12/h1-8H/b11-8-. The molecule has 0 amide bonds. The molecule has 0 atom stereocenters. The Morgan fingerprint density at radius 3 is 2.89 bits per heavy atom. The van der Waals surface area contributed by atoms with Gasteiger partial charge in [-0.25, -0.2) is 4.79 Å². The van der Waals surface area contributed by atoms with Crippen LogP contribution in [0.1, 0.15) is 10.4 Å². The van der Waals surface area contributed by atoms with Crippen molar-refractivity contribution in [3.05, 3.63) is 62.3 Å². The molecule has 0 bridgehead atoms. The van der Waals surface area contributed by atoms with Crippen LogP contribution in [0.4, 0.5) is 0 Å². The van der Waals surface area contributed by atoms with Crippen LogP contribution >= 0.6 is 27.3 Å². The number of carbonyl (C=O) groups excluding carboxylic acids is 1. The minimum Gasteiger partial charge on any atom is -0.312 e. The van der Waals surface area contributed by atoms with E-state index < -0.39 is 5.97 Å². The van der Waals surface area contributed by atoms with Gasteiger partial charge in [-0.2, -0.15) is 0 Å². The van der Waals surface area contributed by atoms with Crippen LogP contribution in [0.2, 0.25) is 0 Å². The van der Waals surface area contributed by atoms with Gasteiger partial charge in [-0.3, -0.25) is 0 Å². The maximum atomic E-state index is 11.8. The van der Waals surface area contributed by atoms with Crippen molar-refractivity contribution >= 4 is 45.0 Å². The zero-order chi connectivity index (χ0) is 13.2. The summed E-state index contributed by atoms with van der Waals surface area (Å²) in [5.41, 5.74) is 2.01. The molecule has 19 heavy (non-hydrogen) atoms. The maximum Gasteiger partial charge on any atom is 0.368 e. The number of rotatable bonds is 2. The van der Waals surface area contributed by atoms with Gasteiger partial charge in [-0.15, -0.1) is 11.3 Å². The highest BCUT2D eigenvalue weighted by molar-refractivity contribution is 9.10. The van der Waals surface area contributed by atoms with Crippen molar-refractivity contribution in [1.29, 1.82) is 0 Å². The fraction of sp³-hybridized carbons (Fsp3) is 0. The zero-order valence-electron chi connectivity index (χ0n) is 9.67. The van der Waals surface area contributed by atoms with E-state index >= 15 is 0 Å². The number of hydrogen-bond acceptors (Lipinski definition) is 4. The lowest BCUT2D eigenvalue weighted by molar-refractivity contribution is -0.136. The van der Waals surface area contributed by atoms with E-state index in [-0.39, 0.29) is 0 Å². The van der Waals surface area contributed by atoms with Crippen molar-refractivity contribution in [2.45, 2.75) is 0 Å². The molecule has 1 aliphatic heterocycles. The van der Waals surface area contributed by atoms with E-state index in [0.717, 1.165) is 14.9 Å². The van der Waals surface area contributed by atoms with Crippen molar-refractivity contribution in [3.63, 3.8) is 0 Å². The predicted molar refractivity (Wildman–Crippen MR) is 79.1 cm³/mol. The molecule has 1 aromatic carbocycles. The average Bonchev–Trinajstić information content (AvgIpc) is 3.01. The third-order valence-electron chi connectivity index (χ3n) is 2.61. The molecule has 5 heteroatoms. The molecule has 0 saturated carbocycles. The minimum atomic E-state index is -0.414. The Kier molecular flexibility index (Phi) is 3.31. The summed E-state index contributed by atoms with van der Waals surface area (Å²) in [5.74, 6) is -0.414. The Morgan fingerprint density at radius 2 is 2.16 bits per heavy atom. The highest BCUT2D eigenvalue weighted by Crippen LogP contribution is 2.24. The molecule has 0 aliphatic carbocycles. The van der Waals surface area contributed by atoms with Crippen molar-refractivity contribution in [3.8, 4) is 0 Å². The number of nitrogens with zero attached hydrogens (tertiary/aromatic N) is 1. The van der Waals surface area contributed by atoms with Gasteiger partial charge in [0, 0.05) is 4.47 Å². The zero-order valence-corrected chi connectivity index (χ0v) is 12.1. The van der Waals surface area contributed by atoms with Crippen molar-refractivity contribution in [1.82, 2.24) is 0 Å². The van der Waals surface area contributed by atoms with Crippen LogP contribution in [0.5, 0.6) is 0 Å². The second-order valence-electron chi connectivity index (χ2n) is 3.91. The fourth-order valence-corrected chi connectivity index (χ4v) is 2.90. The van der Waals surface area contributed by atoms with E-state index in [1.165, 1.54) is 11.3 Å². The first-order valence-electron chi connectivity index (χ1n) is 5.55. The molecular formula is C14H8BrNO2S. The molecule has 0 unspecified atom stereocenters. The van der Waals surface area contributed by atoms with Gasteiger partial charge in [0.2, 0.25) is 0 Å². The number of oxime groups is 1. The summed E-state index contributed by atoms with van der Waals surface area (Å²) in [7, 11) is 0. The first-order chi connectivity index (χ1) is 9.24. The summed E-state index contributed by atoms with van der Waals surface area (Å²) in [6.07, 6.45) is 1.79. The summed E-state index contributed by atoms with van der Waals surface area (Å²) in [4.78, 5) is 17.5. The van der Waals surface area contributed by atoms with Crippen LogP contribution in [0.25, 0.3) is 6.08 Å². The van der Waals surface area contributed by atoms with E-state index in [0.29, 0.717) is 11.3 Å². The highest BCUT2D eigenvalue weighted by Gasteiger charge is 2.27. The third kappa shape index (κ3) is 2.52. The van der Waals surface area contributed by atoms with Gasteiger partial charge in [-0.1, -0.05) is 39.3 Å². The predicted octanol–water partition coefficient (Wildman–Crippen LogP) is 3.86. The van der Waals surface area contributed by atoms with Crippen molar-refractivity contribution in [2.75, 3.05) is 0 Å². The molecule has 0 radical (unpaired) electrons.